The fraction of sp³-hybridized carbons (Fsp3) is 0.143. The number of ether oxygens (including phenoxy) is 2. The van der Waals surface area contributed by atoms with Crippen LogP contribution in [0.1, 0.15) is 5.56 Å². The first-order valence-corrected chi connectivity index (χ1v) is 10.0. The zero-order valence-electron chi connectivity index (χ0n) is 15.4. The Morgan fingerprint density at radius 3 is 1.44 bits per heavy atom. The second kappa shape index (κ2) is 9.21. The highest BCUT2D eigenvalue weighted by Crippen LogP contribution is 2.27. The molecular weight excluding hydrogens is 364 g/mol. The molecule has 3 aromatic carbocycles. The van der Waals surface area contributed by atoms with Crippen LogP contribution in [0.2, 0.25) is 0 Å². The third kappa shape index (κ3) is 7.52. The molecule has 0 amide bonds. The Labute approximate surface area is 160 Å². The van der Waals surface area contributed by atoms with Crippen LogP contribution in [-0.4, -0.2) is 26.3 Å². The van der Waals surface area contributed by atoms with Gasteiger partial charge < -0.3 is 9.47 Å². The summed E-state index contributed by atoms with van der Waals surface area (Å²) < 4.78 is 36.8. The maximum absolute atomic E-state index is 9.19. The normalized spacial score (nSPS) is 10.5. The van der Waals surface area contributed by atoms with Gasteiger partial charge in [0.05, 0.1) is 13.4 Å². The van der Waals surface area contributed by atoms with Crippen molar-refractivity contribution in [2.24, 2.45) is 0 Å². The molecule has 0 spiro atoms. The monoisotopic (exact) mass is 386 g/mol. The van der Waals surface area contributed by atoms with Crippen LogP contribution in [0.25, 0.3) is 11.1 Å². The lowest BCUT2D eigenvalue weighted by atomic mass is 10.0. The van der Waals surface area contributed by atoms with Crippen molar-refractivity contribution in [2.75, 3.05) is 13.4 Å². The minimum atomic E-state index is -3.67. The van der Waals surface area contributed by atoms with Crippen molar-refractivity contribution in [3.63, 3.8) is 0 Å². The van der Waals surface area contributed by atoms with E-state index in [2.05, 4.69) is 43.3 Å². The molecular formula is C21H22O5S. The lowest BCUT2D eigenvalue weighted by Crippen LogP contribution is -1.88. The topological polar surface area (TPSA) is 72.8 Å². The molecule has 0 unspecified atom stereocenters. The van der Waals surface area contributed by atoms with Gasteiger partial charge in [-0.2, -0.15) is 8.42 Å². The molecule has 3 rings (SSSR count). The first kappa shape index (κ1) is 20.5. The number of aryl methyl sites for hydroxylation is 1. The van der Waals surface area contributed by atoms with E-state index >= 15 is 0 Å². The molecule has 0 saturated heterocycles. The Morgan fingerprint density at radius 2 is 1.04 bits per heavy atom. The second-order valence-corrected chi connectivity index (χ2v) is 7.37. The number of benzene rings is 3. The van der Waals surface area contributed by atoms with Gasteiger partial charge >= 0.3 is 0 Å². The van der Waals surface area contributed by atoms with Gasteiger partial charge in [-0.1, -0.05) is 42.0 Å². The standard InChI is InChI=1S/C20H18O2.CH4O3S/c1-15-3-5-16(6-4-15)17-7-9-19(10-8-17)22-20-13-11-18(21-2)12-14-20;1-5(2,3)4/h3-14H,1-2H3;1H3,(H,2,3,4). The summed E-state index contributed by atoms with van der Waals surface area (Å²) >= 11 is 0. The summed E-state index contributed by atoms with van der Waals surface area (Å²) in [6, 6.07) is 24.2. The number of hydrogen-bond acceptors (Lipinski definition) is 4. The molecule has 0 aliphatic carbocycles. The molecule has 0 saturated carbocycles. The first-order chi connectivity index (χ1) is 12.7. The minimum Gasteiger partial charge on any atom is -0.497 e. The minimum absolute atomic E-state index is 0.715. The van der Waals surface area contributed by atoms with Gasteiger partial charge in [0.1, 0.15) is 17.2 Å². The average molecular weight is 386 g/mol. The zero-order chi connectivity index (χ0) is 19.9. The average Bonchev–Trinajstić information content (AvgIpc) is 2.62. The van der Waals surface area contributed by atoms with Crippen LogP contribution in [0.4, 0.5) is 0 Å². The van der Waals surface area contributed by atoms with Gasteiger partial charge in [0, 0.05) is 0 Å². The first-order valence-electron chi connectivity index (χ1n) is 8.16. The molecule has 1 N–H and O–H groups in total. The lowest BCUT2D eigenvalue weighted by molar-refractivity contribution is 0.413. The van der Waals surface area contributed by atoms with E-state index in [9.17, 15) is 8.42 Å². The third-order valence-corrected chi connectivity index (χ3v) is 3.53. The fourth-order valence-electron chi connectivity index (χ4n) is 2.24. The van der Waals surface area contributed by atoms with Crippen LogP contribution in [0, 0.1) is 6.92 Å². The highest BCUT2D eigenvalue weighted by Gasteiger charge is 2.01. The molecule has 0 aliphatic rings. The molecule has 0 bridgehead atoms. The van der Waals surface area contributed by atoms with Crippen molar-refractivity contribution in [2.45, 2.75) is 6.92 Å². The molecule has 142 valence electrons. The van der Waals surface area contributed by atoms with Gasteiger partial charge in [-0.3, -0.25) is 4.55 Å². The molecule has 5 nitrogen and oxygen atoms in total. The van der Waals surface area contributed by atoms with Gasteiger partial charge in [-0.05, 0) is 54.4 Å². The Bertz CT molecular complexity index is 937. The van der Waals surface area contributed by atoms with E-state index in [-0.39, 0.29) is 0 Å². The Balaban J connectivity index is 0.000000465. The molecule has 0 aromatic heterocycles. The highest BCUT2D eigenvalue weighted by atomic mass is 32.2. The Morgan fingerprint density at radius 1 is 0.704 bits per heavy atom. The highest BCUT2D eigenvalue weighted by molar-refractivity contribution is 7.85. The van der Waals surface area contributed by atoms with E-state index in [0.717, 1.165) is 17.2 Å². The van der Waals surface area contributed by atoms with Crippen molar-refractivity contribution in [1.29, 1.82) is 0 Å². The molecule has 0 atom stereocenters. The van der Waals surface area contributed by atoms with Crippen molar-refractivity contribution < 1.29 is 22.4 Å². The van der Waals surface area contributed by atoms with Crippen molar-refractivity contribution in [3.8, 4) is 28.4 Å². The van der Waals surface area contributed by atoms with Gasteiger partial charge in [0.15, 0.2) is 0 Å². The third-order valence-electron chi connectivity index (χ3n) is 3.53. The summed E-state index contributed by atoms with van der Waals surface area (Å²) in [7, 11) is -2.01. The largest absolute Gasteiger partial charge is 0.497 e. The van der Waals surface area contributed by atoms with Crippen LogP contribution in [0.5, 0.6) is 17.2 Å². The van der Waals surface area contributed by atoms with E-state index in [1.54, 1.807) is 7.11 Å². The Hall–Kier alpha value is -2.83. The molecule has 6 heteroatoms. The summed E-state index contributed by atoms with van der Waals surface area (Å²) in [6.07, 6.45) is 0.715. The van der Waals surface area contributed by atoms with E-state index < -0.39 is 10.1 Å². The summed E-state index contributed by atoms with van der Waals surface area (Å²) in [6.45, 7) is 2.09. The van der Waals surface area contributed by atoms with Gasteiger partial charge in [0.2, 0.25) is 0 Å². The Kier molecular flexibility index (Phi) is 6.98. The lowest BCUT2D eigenvalue weighted by Gasteiger charge is -2.08. The SMILES string of the molecule is COc1ccc(Oc2ccc(-c3ccc(C)cc3)cc2)cc1.CS(=O)(=O)O. The van der Waals surface area contributed by atoms with Gasteiger partial charge in [-0.25, -0.2) is 0 Å². The van der Waals surface area contributed by atoms with E-state index in [1.807, 2.05) is 36.4 Å². The van der Waals surface area contributed by atoms with Crippen LogP contribution in [0.3, 0.4) is 0 Å². The van der Waals surface area contributed by atoms with E-state index in [4.69, 9.17) is 14.0 Å². The van der Waals surface area contributed by atoms with Crippen molar-refractivity contribution >= 4 is 10.1 Å². The zero-order valence-corrected chi connectivity index (χ0v) is 16.2. The summed E-state index contributed by atoms with van der Waals surface area (Å²) in [4.78, 5) is 0. The molecule has 0 fully saturated rings. The maximum Gasteiger partial charge on any atom is 0.261 e. The summed E-state index contributed by atoms with van der Waals surface area (Å²) in [5.74, 6) is 2.44. The smallest absolute Gasteiger partial charge is 0.261 e. The number of methoxy groups -OCH3 is 1. The van der Waals surface area contributed by atoms with Crippen LogP contribution >= 0.6 is 0 Å². The van der Waals surface area contributed by atoms with Crippen LogP contribution in [0.15, 0.2) is 72.8 Å². The molecule has 0 aliphatic heterocycles. The number of rotatable bonds is 4. The molecule has 27 heavy (non-hydrogen) atoms. The molecule has 0 heterocycles. The quantitative estimate of drug-likeness (QED) is 0.641. The fourth-order valence-corrected chi connectivity index (χ4v) is 2.24. The number of hydrogen-bond donors (Lipinski definition) is 1. The second-order valence-electron chi connectivity index (χ2n) is 5.90. The van der Waals surface area contributed by atoms with Crippen molar-refractivity contribution in [1.82, 2.24) is 0 Å². The maximum atomic E-state index is 9.19. The van der Waals surface area contributed by atoms with Gasteiger partial charge in [-0.15, -0.1) is 0 Å². The molecule has 0 radical (unpaired) electrons. The summed E-state index contributed by atoms with van der Waals surface area (Å²) in [5, 5.41) is 0. The van der Waals surface area contributed by atoms with Crippen LogP contribution in [-0.2, 0) is 10.1 Å². The summed E-state index contributed by atoms with van der Waals surface area (Å²) in [5.41, 5.74) is 3.66. The van der Waals surface area contributed by atoms with Gasteiger partial charge in [0.25, 0.3) is 10.1 Å². The van der Waals surface area contributed by atoms with E-state index in [1.165, 1.54) is 16.7 Å². The van der Waals surface area contributed by atoms with Crippen molar-refractivity contribution in [3.05, 3.63) is 78.4 Å². The predicted octanol–water partition coefficient (Wildman–Crippen LogP) is 4.97. The predicted molar refractivity (Wildman–Crippen MR) is 107 cm³/mol. The van der Waals surface area contributed by atoms with E-state index in [0.29, 0.717) is 6.26 Å². The van der Waals surface area contributed by atoms with Crippen LogP contribution < -0.4 is 9.47 Å². The molecule has 3 aromatic rings.